The summed E-state index contributed by atoms with van der Waals surface area (Å²) in [5, 5.41) is 0. The van der Waals surface area contributed by atoms with Gasteiger partial charge in [-0.15, -0.1) is 0 Å². The van der Waals surface area contributed by atoms with E-state index in [4.69, 9.17) is 5.73 Å². The predicted molar refractivity (Wildman–Crippen MR) is 77.5 cm³/mol. The second kappa shape index (κ2) is 6.31. The van der Waals surface area contributed by atoms with Crippen molar-refractivity contribution in [2.24, 2.45) is 0 Å². The van der Waals surface area contributed by atoms with Gasteiger partial charge in [0.05, 0.1) is 0 Å². The molecule has 94 valence electrons. The van der Waals surface area contributed by atoms with Crippen molar-refractivity contribution in [2.45, 2.75) is 25.8 Å². The molecular weight excluding hydrogens is 228 g/mol. The topological polar surface area (TPSA) is 29.3 Å². The normalized spacial score (nSPS) is 21.6. The number of hydrogen-bond acceptors (Lipinski definition) is 3. The zero-order valence-electron chi connectivity index (χ0n) is 10.6. The van der Waals surface area contributed by atoms with Gasteiger partial charge in [-0.05, 0) is 37.9 Å². The van der Waals surface area contributed by atoms with Crippen molar-refractivity contribution in [1.82, 2.24) is 4.90 Å². The quantitative estimate of drug-likeness (QED) is 0.833. The van der Waals surface area contributed by atoms with E-state index >= 15 is 0 Å². The van der Waals surface area contributed by atoms with E-state index in [9.17, 15) is 0 Å². The Morgan fingerprint density at radius 2 is 2.24 bits per heavy atom. The first kappa shape index (κ1) is 12.8. The summed E-state index contributed by atoms with van der Waals surface area (Å²) in [7, 11) is 0. The van der Waals surface area contributed by atoms with Crippen LogP contribution in [0.2, 0.25) is 0 Å². The maximum atomic E-state index is 5.95. The smallest absolute Gasteiger partial charge is 0.0346 e. The molecule has 1 saturated heterocycles. The number of nitrogen functional groups attached to an aromatic ring is 1. The van der Waals surface area contributed by atoms with E-state index in [1.165, 1.54) is 36.6 Å². The van der Waals surface area contributed by atoms with Gasteiger partial charge in [0.1, 0.15) is 0 Å². The average Bonchev–Trinajstić information content (AvgIpc) is 2.34. The highest BCUT2D eigenvalue weighted by Crippen LogP contribution is 2.17. The van der Waals surface area contributed by atoms with Crippen LogP contribution in [0.3, 0.4) is 0 Å². The maximum absolute atomic E-state index is 5.95. The number of benzene rings is 1. The van der Waals surface area contributed by atoms with Crippen molar-refractivity contribution in [2.75, 3.05) is 30.3 Å². The van der Waals surface area contributed by atoms with Gasteiger partial charge < -0.3 is 5.73 Å². The molecule has 1 aromatic rings. The zero-order valence-corrected chi connectivity index (χ0v) is 11.4. The van der Waals surface area contributed by atoms with Crippen molar-refractivity contribution < 1.29 is 0 Å². The summed E-state index contributed by atoms with van der Waals surface area (Å²) in [4.78, 5) is 2.61. The molecule has 0 amide bonds. The van der Waals surface area contributed by atoms with Crippen molar-refractivity contribution in [3.8, 4) is 0 Å². The number of anilines is 1. The summed E-state index contributed by atoms with van der Waals surface area (Å²) in [6.07, 6.45) is 2.31. The molecule has 1 unspecified atom stereocenters. The Morgan fingerprint density at radius 3 is 3.00 bits per heavy atom. The molecule has 1 heterocycles. The second-order valence-electron chi connectivity index (χ2n) is 4.76. The molecule has 0 aromatic heterocycles. The molecule has 3 heteroatoms. The number of nitrogens with two attached hydrogens (primary N) is 1. The fraction of sp³-hybridized carbons (Fsp3) is 0.571. The minimum Gasteiger partial charge on any atom is -0.399 e. The SMILES string of the molecule is CC1CSCCN1CCCc1ccccc1N. The van der Waals surface area contributed by atoms with Crippen LogP contribution in [0.5, 0.6) is 0 Å². The van der Waals surface area contributed by atoms with Crippen LogP contribution in [-0.4, -0.2) is 35.5 Å². The number of hydrogen-bond donors (Lipinski definition) is 1. The van der Waals surface area contributed by atoms with Crippen molar-refractivity contribution in [3.05, 3.63) is 29.8 Å². The van der Waals surface area contributed by atoms with Crippen molar-refractivity contribution >= 4 is 17.4 Å². The van der Waals surface area contributed by atoms with Crippen LogP contribution >= 0.6 is 11.8 Å². The summed E-state index contributed by atoms with van der Waals surface area (Å²) in [6.45, 7) is 4.79. The predicted octanol–water partition coefficient (Wildman–Crippen LogP) is 2.64. The lowest BCUT2D eigenvalue weighted by Crippen LogP contribution is -2.40. The number of thioether (sulfide) groups is 1. The first-order valence-corrected chi connectivity index (χ1v) is 7.58. The van der Waals surface area contributed by atoms with Gasteiger partial charge in [0.25, 0.3) is 0 Å². The summed E-state index contributed by atoms with van der Waals surface area (Å²) in [6, 6.07) is 8.96. The average molecular weight is 250 g/mol. The molecule has 2 nitrogen and oxygen atoms in total. The van der Waals surface area contributed by atoms with E-state index in [-0.39, 0.29) is 0 Å². The van der Waals surface area contributed by atoms with Crippen LogP contribution in [0.15, 0.2) is 24.3 Å². The first-order chi connectivity index (χ1) is 8.27. The van der Waals surface area contributed by atoms with Gasteiger partial charge >= 0.3 is 0 Å². The maximum Gasteiger partial charge on any atom is 0.0346 e. The molecule has 0 radical (unpaired) electrons. The van der Waals surface area contributed by atoms with Crippen molar-refractivity contribution in [3.63, 3.8) is 0 Å². The molecular formula is C14H22N2S. The molecule has 0 aliphatic carbocycles. The molecule has 0 spiro atoms. The van der Waals surface area contributed by atoms with Crippen molar-refractivity contribution in [1.29, 1.82) is 0 Å². The Morgan fingerprint density at radius 1 is 1.41 bits per heavy atom. The standard InChI is InChI=1S/C14H22N2S/c1-12-11-17-10-9-16(12)8-4-6-13-5-2-3-7-14(13)15/h2-3,5,7,12H,4,6,8-11,15H2,1H3. The Bertz CT molecular complexity index is 354. The Hall–Kier alpha value is -0.670. The Labute approximate surface area is 109 Å². The minimum atomic E-state index is 0.738. The van der Waals surface area contributed by atoms with Gasteiger partial charge in [-0.25, -0.2) is 0 Å². The largest absolute Gasteiger partial charge is 0.399 e. The summed E-state index contributed by atoms with van der Waals surface area (Å²) >= 11 is 2.08. The van der Waals surface area contributed by atoms with E-state index in [0.29, 0.717) is 0 Å². The Kier molecular flexibility index (Phi) is 4.75. The summed E-state index contributed by atoms with van der Waals surface area (Å²) < 4.78 is 0. The van der Waals surface area contributed by atoms with Crippen LogP contribution in [0.1, 0.15) is 18.9 Å². The van der Waals surface area contributed by atoms with Crippen LogP contribution in [0.25, 0.3) is 0 Å². The molecule has 1 aliphatic rings. The molecule has 2 N–H and O–H groups in total. The zero-order chi connectivity index (χ0) is 12.1. The summed E-state index contributed by atoms with van der Waals surface area (Å²) in [5.41, 5.74) is 8.19. The molecule has 1 aliphatic heterocycles. The molecule has 1 aromatic carbocycles. The molecule has 0 bridgehead atoms. The minimum absolute atomic E-state index is 0.738. The highest BCUT2D eigenvalue weighted by Gasteiger charge is 2.17. The molecule has 17 heavy (non-hydrogen) atoms. The van der Waals surface area contributed by atoms with E-state index in [1.807, 2.05) is 12.1 Å². The highest BCUT2D eigenvalue weighted by molar-refractivity contribution is 7.99. The fourth-order valence-electron chi connectivity index (χ4n) is 2.33. The van der Waals surface area contributed by atoms with Gasteiger partial charge in [0.15, 0.2) is 0 Å². The van der Waals surface area contributed by atoms with Gasteiger partial charge in [0.2, 0.25) is 0 Å². The third-order valence-corrected chi connectivity index (χ3v) is 4.64. The number of rotatable bonds is 4. The van der Waals surface area contributed by atoms with E-state index in [0.717, 1.165) is 18.2 Å². The van der Waals surface area contributed by atoms with E-state index < -0.39 is 0 Å². The van der Waals surface area contributed by atoms with Gasteiger partial charge in [-0.1, -0.05) is 18.2 Å². The highest BCUT2D eigenvalue weighted by atomic mass is 32.2. The molecule has 1 fully saturated rings. The third-order valence-electron chi connectivity index (χ3n) is 3.45. The number of para-hydroxylation sites is 1. The van der Waals surface area contributed by atoms with Crippen LogP contribution in [0.4, 0.5) is 5.69 Å². The molecule has 2 rings (SSSR count). The van der Waals surface area contributed by atoms with E-state index in [2.05, 4.69) is 35.7 Å². The van der Waals surface area contributed by atoms with Crippen LogP contribution in [0, 0.1) is 0 Å². The van der Waals surface area contributed by atoms with Crippen LogP contribution < -0.4 is 5.73 Å². The lowest BCUT2D eigenvalue weighted by molar-refractivity contribution is 0.230. The molecule has 0 saturated carbocycles. The van der Waals surface area contributed by atoms with E-state index in [1.54, 1.807) is 0 Å². The molecule has 1 atom stereocenters. The first-order valence-electron chi connectivity index (χ1n) is 6.42. The fourth-order valence-corrected chi connectivity index (χ4v) is 3.41. The number of nitrogens with zero attached hydrogens (tertiary/aromatic N) is 1. The van der Waals surface area contributed by atoms with Crippen LogP contribution in [-0.2, 0) is 6.42 Å². The monoisotopic (exact) mass is 250 g/mol. The lowest BCUT2D eigenvalue weighted by Gasteiger charge is -2.32. The lowest BCUT2D eigenvalue weighted by atomic mass is 10.1. The van der Waals surface area contributed by atoms with Gasteiger partial charge in [-0.2, -0.15) is 11.8 Å². The number of aryl methyl sites for hydroxylation is 1. The third kappa shape index (κ3) is 3.65. The van der Waals surface area contributed by atoms with Gasteiger partial charge in [-0.3, -0.25) is 4.90 Å². The second-order valence-corrected chi connectivity index (χ2v) is 5.91. The Balaban J connectivity index is 1.77. The van der Waals surface area contributed by atoms with Gasteiger partial charge in [0, 0.05) is 29.8 Å². The summed E-state index contributed by atoms with van der Waals surface area (Å²) in [5.74, 6) is 2.57.